The number of aryl methyl sites for hydroxylation is 1. The van der Waals surface area contributed by atoms with Crippen LogP contribution in [-0.2, 0) is 30.9 Å². The topological polar surface area (TPSA) is 242 Å². The fraction of sp³-hybridized carbons (Fsp3) is 0.473. The Labute approximate surface area is 452 Å². The van der Waals surface area contributed by atoms with Crippen molar-refractivity contribution in [3.8, 4) is 22.9 Å². The number of carbonyl (C=O) groups excluding carboxylic acids is 5. The van der Waals surface area contributed by atoms with Gasteiger partial charge in [-0.2, -0.15) is 9.67 Å². The van der Waals surface area contributed by atoms with E-state index < -0.39 is 11.9 Å². The molecule has 0 radical (unpaired) electrons. The molecule has 23 nitrogen and oxygen atoms in total. The number of nitrogens with one attached hydrogen (secondary N) is 3. The highest BCUT2D eigenvalue weighted by molar-refractivity contribution is 6.16. The lowest BCUT2D eigenvalue weighted by molar-refractivity contribution is -0.139. The van der Waals surface area contributed by atoms with E-state index in [1.165, 1.54) is 0 Å². The van der Waals surface area contributed by atoms with Gasteiger partial charge in [-0.15, -0.1) is 5.10 Å². The molecule has 414 valence electrons. The molecule has 0 spiro atoms. The largest absolute Gasteiger partial charge is 0.497 e. The van der Waals surface area contributed by atoms with Gasteiger partial charge in [-0.05, 0) is 67.3 Å². The Morgan fingerprint density at radius 3 is 2.17 bits per heavy atom. The van der Waals surface area contributed by atoms with Gasteiger partial charge in [-0.1, -0.05) is 31.4 Å². The van der Waals surface area contributed by atoms with Crippen LogP contribution in [0.4, 0.5) is 17.3 Å². The summed E-state index contributed by atoms with van der Waals surface area (Å²) in [5.74, 6) is 1.11. The van der Waals surface area contributed by atoms with Gasteiger partial charge < -0.3 is 63.8 Å². The summed E-state index contributed by atoms with van der Waals surface area (Å²) in [5.41, 5.74) is 4.70. The molecule has 3 aliphatic rings. The zero-order valence-corrected chi connectivity index (χ0v) is 45.0. The molecule has 3 aromatic heterocycles. The van der Waals surface area contributed by atoms with Gasteiger partial charge in [-0.25, -0.2) is 4.98 Å². The smallest absolute Gasteiger partial charge is 0.271 e. The number of rotatable bonds is 21. The Kier molecular flexibility index (Phi) is 17.8. The van der Waals surface area contributed by atoms with Gasteiger partial charge >= 0.3 is 0 Å². The lowest BCUT2D eigenvalue weighted by Gasteiger charge is -2.39. The number of carbonyl (C=O) groups is 5. The molecule has 78 heavy (non-hydrogen) atoms. The van der Waals surface area contributed by atoms with Crippen LogP contribution in [0.3, 0.4) is 0 Å². The highest BCUT2D eigenvalue weighted by atomic mass is 16.5. The first-order valence-corrected chi connectivity index (χ1v) is 26.7. The van der Waals surface area contributed by atoms with Crippen LogP contribution in [0.2, 0.25) is 0 Å². The third kappa shape index (κ3) is 12.4. The zero-order chi connectivity index (χ0) is 54.7. The molecule has 0 unspecified atom stereocenters. The number of piperazine rings is 2. The van der Waals surface area contributed by atoms with Crippen molar-refractivity contribution in [3.05, 3.63) is 78.1 Å². The second-order valence-electron chi connectivity index (χ2n) is 19.5. The highest BCUT2D eigenvalue weighted by Gasteiger charge is 2.37. The molecule has 9 rings (SSSR count). The van der Waals surface area contributed by atoms with E-state index in [-0.39, 0.29) is 86.9 Å². The molecule has 5 amide bonds. The Morgan fingerprint density at radius 2 is 1.45 bits per heavy atom. The Balaban J connectivity index is 0.701. The molecule has 2 saturated heterocycles. The first-order valence-electron chi connectivity index (χ1n) is 26.7. The molecular weight excluding hydrogens is 1000 g/mol. The van der Waals surface area contributed by atoms with Gasteiger partial charge in [-0.3, -0.25) is 24.0 Å². The monoisotopic (exact) mass is 1070 g/mol. The summed E-state index contributed by atoms with van der Waals surface area (Å²) in [6, 6.07) is 18.1. The van der Waals surface area contributed by atoms with Crippen LogP contribution in [0.25, 0.3) is 27.8 Å². The van der Waals surface area contributed by atoms with E-state index in [1.54, 1.807) is 95.8 Å². The third-order valence-electron chi connectivity index (χ3n) is 14.8. The minimum Gasteiger partial charge on any atom is -0.497 e. The summed E-state index contributed by atoms with van der Waals surface area (Å²) >= 11 is 0. The number of ether oxygens (including phenoxy) is 5. The van der Waals surface area contributed by atoms with Gasteiger partial charge in [0.2, 0.25) is 23.7 Å². The summed E-state index contributed by atoms with van der Waals surface area (Å²) in [4.78, 5) is 84.4. The van der Waals surface area contributed by atoms with Crippen LogP contribution < -0.4 is 35.1 Å². The molecule has 1 atom stereocenters. The molecule has 5 heterocycles. The number of methoxy groups -OCH3 is 3. The molecule has 3 fully saturated rings. The Morgan fingerprint density at radius 1 is 0.744 bits per heavy atom. The molecule has 1 saturated carbocycles. The fourth-order valence-corrected chi connectivity index (χ4v) is 10.4. The van der Waals surface area contributed by atoms with Crippen molar-refractivity contribution in [2.75, 3.05) is 117 Å². The number of hydrogen-bond donors (Lipinski definition) is 3. The lowest BCUT2D eigenvalue weighted by atomic mass is 9.83. The minimum atomic E-state index is -0.576. The van der Waals surface area contributed by atoms with E-state index in [0.717, 1.165) is 43.5 Å². The maximum atomic E-state index is 14.4. The SMILES string of the molecule is CCC(=O)N[C@H](C(=O)N1CCN(C(=O)c2c(C(=O)NCCOCCOCC(=O)N3CCN(c4ccc(Nc5ncc6nnn(-c7ccc(OC)c(OC)c7)c6n5)cc4)CC3)c3ccc(OC)cc3n2C)CC1)C1CCCCC1. The highest BCUT2D eigenvalue weighted by Crippen LogP contribution is 2.33. The van der Waals surface area contributed by atoms with Crippen LogP contribution in [0.5, 0.6) is 17.2 Å². The van der Waals surface area contributed by atoms with Crippen molar-refractivity contribution in [1.82, 2.24) is 54.9 Å². The van der Waals surface area contributed by atoms with Crippen LogP contribution >= 0.6 is 0 Å². The van der Waals surface area contributed by atoms with Crippen molar-refractivity contribution >= 4 is 68.9 Å². The second-order valence-corrected chi connectivity index (χ2v) is 19.5. The first kappa shape index (κ1) is 54.7. The van der Waals surface area contributed by atoms with E-state index in [1.807, 2.05) is 30.3 Å². The van der Waals surface area contributed by atoms with E-state index in [2.05, 4.69) is 36.1 Å². The maximum absolute atomic E-state index is 14.4. The average Bonchev–Trinajstić information content (AvgIpc) is 4.27. The van der Waals surface area contributed by atoms with Gasteiger partial charge in [0.05, 0.1) is 64.1 Å². The molecular formula is C55H69N13O10. The maximum Gasteiger partial charge on any atom is 0.271 e. The summed E-state index contributed by atoms with van der Waals surface area (Å²) in [5, 5.41) is 18.3. The summed E-state index contributed by atoms with van der Waals surface area (Å²) in [6.07, 6.45) is 6.91. The first-order chi connectivity index (χ1) is 38.0. The van der Waals surface area contributed by atoms with Gasteiger partial charge in [0.25, 0.3) is 11.8 Å². The van der Waals surface area contributed by atoms with Crippen LogP contribution in [-0.4, -0.2) is 186 Å². The van der Waals surface area contributed by atoms with E-state index >= 15 is 0 Å². The normalized spacial score (nSPS) is 15.6. The third-order valence-corrected chi connectivity index (χ3v) is 14.8. The fourth-order valence-electron chi connectivity index (χ4n) is 10.4. The number of anilines is 3. The average molecular weight is 1070 g/mol. The molecule has 1 aliphatic carbocycles. The number of amides is 5. The molecule has 6 aromatic rings. The molecule has 3 N–H and O–H groups in total. The number of fused-ring (bicyclic) bond motifs is 2. The Hall–Kier alpha value is -8.05. The lowest BCUT2D eigenvalue weighted by Crippen LogP contribution is -2.58. The van der Waals surface area contributed by atoms with E-state index in [0.29, 0.717) is 96.6 Å². The number of aromatic nitrogens is 6. The predicted molar refractivity (Wildman–Crippen MR) is 291 cm³/mol. The quantitative estimate of drug-likeness (QED) is 0.0850. The van der Waals surface area contributed by atoms with Gasteiger partial charge in [0, 0.05) is 101 Å². The van der Waals surface area contributed by atoms with Crippen molar-refractivity contribution in [2.24, 2.45) is 13.0 Å². The van der Waals surface area contributed by atoms with Crippen LogP contribution in [0.1, 0.15) is 66.3 Å². The Bertz CT molecular complexity index is 3090. The molecule has 2 aliphatic heterocycles. The zero-order valence-electron chi connectivity index (χ0n) is 45.0. The predicted octanol–water partition coefficient (Wildman–Crippen LogP) is 4.34. The second kappa shape index (κ2) is 25.4. The molecule has 23 heteroatoms. The van der Waals surface area contributed by atoms with E-state index in [9.17, 15) is 24.0 Å². The van der Waals surface area contributed by atoms with E-state index in [4.69, 9.17) is 28.7 Å². The van der Waals surface area contributed by atoms with Crippen LogP contribution in [0.15, 0.2) is 66.9 Å². The van der Waals surface area contributed by atoms with Crippen molar-refractivity contribution < 1.29 is 47.7 Å². The number of nitrogens with zero attached hydrogens (tertiary/aromatic N) is 10. The number of hydrogen-bond acceptors (Lipinski definition) is 16. The van der Waals surface area contributed by atoms with Crippen LogP contribution in [0, 0.1) is 5.92 Å². The number of benzene rings is 3. The van der Waals surface area contributed by atoms with Crippen molar-refractivity contribution in [1.29, 1.82) is 0 Å². The summed E-state index contributed by atoms with van der Waals surface area (Å²) < 4.78 is 31.1. The summed E-state index contributed by atoms with van der Waals surface area (Å²) in [7, 11) is 6.46. The van der Waals surface area contributed by atoms with Gasteiger partial charge in [0.1, 0.15) is 24.1 Å². The minimum absolute atomic E-state index is 0.0777. The summed E-state index contributed by atoms with van der Waals surface area (Å²) in [6.45, 7) is 6.03. The van der Waals surface area contributed by atoms with Crippen molar-refractivity contribution in [3.63, 3.8) is 0 Å². The molecule has 3 aromatic carbocycles. The molecule has 0 bridgehead atoms. The van der Waals surface area contributed by atoms with Crippen molar-refractivity contribution in [2.45, 2.75) is 51.5 Å². The van der Waals surface area contributed by atoms with Gasteiger partial charge in [0.15, 0.2) is 22.7 Å². The standard InChI is InChI=1S/C55H69N13O10/c1-6-46(69)59-49(36-10-8-7-9-11-36)53(72)66-25-27-67(28-26-66)54(73)50-48(41-18-17-40(74-3)33-43(41)63(50)2)52(71)56-20-29-77-30-31-78-35-47(70)65-23-21-64(22-24-65)38-14-12-37(13-15-38)58-55-57-34-42-51(60-55)68(62-61-42)39-16-19-44(75-4)45(32-39)76-5/h12-19,32-34,36,49H,6-11,20-31,35H2,1-5H3,(H,56,71)(H,59,69)(H,57,58,60)/t49-/m0/s1.